The number of ether oxygens (including phenoxy) is 1. The summed E-state index contributed by atoms with van der Waals surface area (Å²) in [6, 6.07) is 0. The molecule has 1 aliphatic heterocycles. The fourth-order valence-corrected chi connectivity index (χ4v) is 4.43. The Bertz CT molecular complexity index is 304. The van der Waals surface area contributed by atoms with E-state index in [-0.39, 0.29) is 17.6 Å². The van der Waals surface area contributed by atoms with Crippen LogP contribution in [-0.4, -0.2) is 30.0 Å². The molecule has 0 aromatic rings. The lowest BCUT2D eigenvalue weighted by Crippen LogP contribution is -2.40. The standard InChI is InChI=1S/C16H29NO2/c17-11-15(12-18,13-4-5-13)10-14-6-9-16(19-14)7-2-1-3-8-16/h13-14,18H,1-12,17H2. The van der Waals surface area contributed by atoms with Gasteiger partial charge in [-0.2, -0.15) is 0 Å². The molecular weight excluding hydrogens is 238 g/mol. The Balaban J connectivity index is 1.61. The largest absolute Gasteiger partial charge is 0.396 e. The molecule has 3 heteroatoms. The van der Waals surface area contributed by atoms with Crippen molar-refractivity contribution < 1.29 is 9.84 Å². The van der Waals surface area contributed by atoms with Crippen LogP contribution in [0.25, 0.3) is 0 Å². The van der Waals surface area contributed by atoms with E-state index in [1.165, 1.54) is 57.8 Å². The molecule has 2 saturated carbocycles. The third-order valence-electron chi connectivity index (χ3n) is 5.90. The van der Waals surface area contributed by atoms with Crippen LogP contribution in [0.3, 0.4) is 0 Å². The zero-order chi connectivity index (χ0) is 13.3. The molecule has 3 nitrogen and oxygen atoms in total. The van der Waals surface area contributed by atoms with E-state index in [2.05, 4.69) is 0 Å². The van der Waals surface area contributed by atoms with Crippen molar-refractivity contribution in [1.29, 1.82) is 0 Å². The van der Waals surface area contributed by atoms with Crippen LogP contribution in [0.4, 0.5) is 0 Å². The molecule has 0 aromatic heterocycles. The van der Waals surface area contributed by atoms with Gasteiger partial charge in [0.2, 0.25) is 0 Å². The minimum atomic E-state index is -0.0507. The van der Waals surface area contributed by atoms with Crippen molar-refractivity contribution in [2.45, 2.75) is 75.9 Å². The highest BCUT2D eigenvalue weighted by Crippen LogP contribution is 2.51. The first-order valence-corrected chi connectivity index (χ1v) is 8.21. The number of aliphatic hydroxyl groups excluding tert-OH is 1. The number of rotatable bonds is 5. The lowest BCUT2D eigenvalue weighted by molar-refractivity contribution is -0.0831. The topological polar surface area (TPSA) is 55.5 Å². The Morgan fingerprint density at radius 2 is 1.84 bits per heavy atom. The van der Waals surface area contributed by atoms with Gasteiger partial charge < -0.3 is 15.6 Å². The first kappa shape index (κ1) is 13.8. The fourth-order valence-electron chi connectivity index (χ4n) is 4.43. The van der Waals surface area contributed by atoms with Gasteiger partial charge in [0.25, 0.3) is 0 Å². The van der Waals surface area contributed by atoms with Crippen LogP contribution in [0.1, 0.15) is 64.2 Å². The van der Waals surface area contributed by atoms with E-state index in [1.807, 2.05) is 0 Å². The summed E-state index contributed by atoms with van der Waals surface area (Å²) in [7, 11) is 0. The van der Waals surface area contributed by atoms with E-state index >= 15 is 0 Å². The van der Waals surface area contributed by atoms with E-state index in [0.717, 1.165) is 6.42 Å². The van der Waals surface area contributed by atoms with Gasteiger partial charge in [-0.15, -0.1) is 0 Å². The van der Waals surface area contributed by atoms with Crippen LogP contribution < -0.4 is 5.73 Å². The molecule has 0 amide bonds. The summed E-state index contributed by atoms with van der Waals surface area (Å²) >= 11 is 0. The maximum atomic E-state index is 9.81. The highest BCUT2D eigenvalue weighted by molar-refractivity contribution is 4.99. The normalized spacial score (nSPS) is 33.5. The Morgan fingerprint density at radius 3 is 2.42 bits per heavy atom. The van der Waals surface area contributed by atoms with Crippen LogP contribution >= 0.6 is 0 Å². The SMILES string of the molecule is NCC(CO)(CC1CCC2(CCCCC2)O1)C1CC1. The fraction of sp³-hybridized carbons (Fsp3) is 1.00. The summed E-state index contributed by atoms with van der Waals surface area (Å²) in [5.74, 6) is 0.647. The lowest BCUT2D eigenvalue weighted by atomic mass is 9.77. The van der Waals surface area contributed by atoms with Gasteiger partial charge >= 0.3 is 0 Å². The van der Waals surface area contributed by atoms with E-state index in [1.54, 1.807) is 0 Å². The molecular formula is C16H29NO2. The highest BCUT2D eigenvalue weighted by Gasteiger charge is 2.48. The van der Waals surface area contributed by atoms with Gasteiger partial charge in [-0.3, -0.25) is 0 Å². The second-order valence-electron chi connectivity index (χ2n) is 7.23. The number of hydrogen-bond donors (Lipinski definition) is 2. The minimum Gasteiger partial charge on any atom is -0.396 e. The van der Waals surface area contributed by atoms with E-state index in [0.29, 0.717) is 18.6 Å². The van der Waals surface area contributed by atoms with Crippen LogP contribution in [0.5, 0.6) is 0 Å². The summed E-state index contributed by atoms with van der Waals surface area (Å²) in [6.45, 7) is 0.849. The molecule has 0 bridgehead atoms. The quantitative estimate of drug-likeness (QED) is 0.805. The van der Waals surface area contributed by atoms with E-state index < -0.39 is 0 Å². The Morgan fingerprint density at radius 1 is 1.11 bits per heavy atom. The summed E-state index contributed by atoms with van der Waals surface area (Å²) in [6.07, 6.45) is 12.8. The lowest BCUT2D eigenvalue weighted by Gasteiger charge is -2.36. The van der Waals surface area contributed by atoms with Crippen molar-refractivity contribution in [3.05, 3.63) is 0 Å². The van der Waals surface area contributed by atoms with E-state index in [9.17, 15) is 5.11 Å². The minimum absolute atomic E-state index is 0.0507. The molecule has 0 aromatic carbocycles. The van der Waals surface area contributed by atoms with Gasteiger partial charge in [0, 0.05) is 12.0 Å². The monoisotopic (exact) mass is 267 g/mol. The maximum Gasteiger partial charge on any atom is 0.0687 e. The third kappa shape index (κ3) is 2.70. The highest BCUT2D eigenvalue weighted by atomic mass is 16.5. The van der Waals surface area contributed by atoms with Gasteiger partial charge in [-0.25, -0.2) is 0 Å². The molecule has 1 heterocycles. The van der Waals surface area contributed by atoms with Gasteiger partial charge in [-0.1, -0.05) is 19.3 Å². The first-order chi connectivity index (χ1) is 9.22. The average Bonchev–Trinajstić information content (AvgIpc) is 3.23. The smallest absolute Gasteiger partial charge is 0.0687 e. The predicted molar refractivity (Wildman–Crippen MR) is 75.8 cm³/mol. The zero-order valence-corrected chi connectivity index (χ0v) is 12.1. The summed E-state index contributed by atoms with van der Waals surface area (Å²) in [5.41, 5.74) is 6.14. The molecule has 3 aliphatic rings. The molecule has 19 heavy (non-hydrogen) atoms. The summed E-state index contributed by atoms with van der Waals surface area (Å²) in [4.78, 5) is 0. The molecule has 1 spiro atoms. The van der Waals surface area contributed by atoms with Crippen molar-refractivity contribution in [2.75, 3.05) is 13.2 Å². The predicted octanol–water partition coefficient (Wildman–Crippen LogP) is 2.61. The molecule has 1 saturated heterocycles. The maximum absolute atomic E-state index is 9.81. The molecule has 3 fully saturated rings. The average molecular weight is 267 g/mol. The molecule has 3 N–H and O–H groups in total. The van der Waals surface area contributed by atoms with Gasteiger partial charge in [0.1, 0.15) is 0 Å². The van der Waals surface area contributed by atoms with E-state index in [4.69, 9.17) is 10.5 Å². The Kier molecular flexibility index (Phi) is 3.89. The van der Waals surface area contributed by atoms with Crippen LogP contribution in [-0.2, 0) is 4.74 Å². The second-order valence-corrected chi connectivity index (χ2v) is 7.23. The van der Waals surface area contributed by atoms with Crippen molar-refractivity contribution in [3.63, 3.8) is 0 Å². The van der Waals surface area contributed by atoms with Gasteiger partial charge in [0.15, 0.2) is 0 Å². The van der Waals surface area contributed by atoms with Gasteiger partial charge in [0.05, 0.1) is 18.3 Å². The number of nitrogens with two attached hydrogens (primary N) is 1. The summed E-state index contributed by atoms with van der Waals surface area (Å²) < 4.78 is 6.46. The third-order valence-corrected chi connectivity index (χ3v) is 5.90. The number of aliphatic hydroxyl groups is 1. The van der Waals surface area contributed by atoms with Crippen LogP contribution in [0.2, 0.25) is 0 Å². The van der Waals surface area contributed by atoms with Gasteiger partial charge in [-0.05, 0) is 50.9 Å². The molecule has 2 unspecified atom stereocenters. The Labute approximate surface area is 116 Å². The zero-order valence-electron chi connectivity index (χ0n) is 12.1. The summed E-state index contributed by atoms with van der Waals surface area (Å²) in [5, 5.41) is 9.81. The van der Waals surface area contributed by atoms with Crippen LogP contribution in [0, 0.1) is 11.3 Å². The number of hydrogen-bond acceptors (Lipinski definition) is 3. The second kappa shape index (κ2) is 5.34. The van der Waals surface area contributed by atoms with Crippen molar-refractivity contribution in [2.24, 2.45) is 17.1 Å². The molecule has 2 atom stereocenters. The van der Waals surface area contributed by atoms with Crippen LogP contribution in [0.15, 0.2) is 0 Å². The molecule has 3 rings (SSSR count). The Hall–Kier alpha value is -0.120. The first-order valence-electron chi connectivity index (χ1n) is 8.21. The van der Waals surface area contributed by atoms with Crippen molar-refractivity contribution in [3.8, 4) is 0 Å². The van der Waals surface area contributed by atoms with Crippen molar-refractivity contribution in [1.82, 2.24) is 0 Å². The van der Waals surface area contributed by atoms with Crippen molar-refractivity contribution >= 4 is 0 Å². The molecule has 2 aliphatic carbocycles. The molecule has 0 radical (unpaired) electrons. The molecule has 110 valence electrons.